The normalized spacial score (nSPS) is 11.3. The van der Waals surface area contributed by atoms with Crippen molar-refractivity contribution in [2.45, 2.75) is 27.2 Å². The first-order chi connectivity index (χ1) is 7.81. The van der Waals surface area contributed by atoms with E-state index in [9.17, 15) is 9.18 Å². The van der Waals surface area contributed by atoms with Crippen molar-refractivity contribution in [2.24, 2.45) is 5.41 Å². The van der Waals surface area contributed by atoms with Crippen molar-refractivity contribution in [1.82, 2.24) is 0 Å². The van der Waals surface area contributed by atoms with Crippen LogP contribution in [0.4, 0.5) is 4.39 Å². The Morgan fingerprint density at radius 3 is 2.59 bits per heavy atom. The van der Waals surface area contributed by atoms with Crippen LogP contribution in [-0.4, -0.2) is 17.7 Å². The molecular formula is C13H17FO3. The van der Waals surface area contributed by atoms with Crippen LogP contribution in [0.1, 0.15) is 37.6 Å². The highest BCUT2D eigenvalue weighted by molar-refractivity contribution is 5.90. The zero-order valence-electron chi connectivity index (χ0n) is 10.3. The van der Waals surface area contributed by atoms with Gasteiger partial charge in [0, 0.05) is 0 Å². The molecule has 17 heavy (non-hydrogen) atoms. The summed E-state index contributed by atoms with van der Waals surface area (Å²) >= 11 is 0. The molecule has 4 heteroatoms. The molecule has 0 bridgehead atoms. The van der Waals surface area contributed by atoms with Gasteiger partial charge in [-0.2, -0.15) is 0 Å². The Bertz CT molecular complexity index is 408. The van der Waals surface area contributed by atoms with Crippen LogP contribution in [0.5, 0.6) is 5.75 Å². The molecule has 3 nitrogen and oxygen atoms in total. The van der Waals surface area contributed by atoms with Gasteiger partial charge in [0.25, 0.3) is 0 Å². The van der Waals surface area contributed by atoms with Crippen molar-refractivity contribution in [3.63, 3.8) is 0 Å². The van der Waals surface area contributed by atoms with Crippen molar-refractivity contribution >= 4 is 5.97 Å². The second-order valence-electron chi connectivity index (χ2n) is 5.08. The average molecular weight is 240 g/mol. The molecule has 0 aliphatic rings. The van der Waals surface area contributed by atoms with Crippen LogP contribution < -0.4 is 4.74 Å². The first-order valence-electron chi connectivity index (χ1n) is 5.46. The van der Waals surface area contributed by atoms with Gasteiger partial charge in [-0.1, -0.05) is 26.8 Å². The monoisotopic (exact) mass is 240 g/mol. The van der Waals surface area contributed by atoms with Gasteiger partial charge in [-0.25, -0.2) is 9.18 Å². The van der Waals surface area contributed by atoms with E-state index in [-0.39, 0.29) is 16.7 Å². The fourth-order valence-electron chi connectivity index (χ4n) is 1.28. The number of halogens is 1. The van der Waals surface area contributed by atoms with Crippen LogP contribution in [0.15, 0.2) is 18.2 Å². The number of benzene rings is 1. The fourth-order valence-corrected chi connectivity index (χ4v) is 1.28. The van der Waals surface area contributed by atoms with Crippen LogP contribution >= 0.6 is 0 Å². The lowest BCUT2D eigenvalue weighted by Crippen LogP contribution is -2.13. The first kappa shape index (κ1) is 13.5. The Labute approximate surface area is 100 Å². The van der Waals surface area contributed by atoms with Crippen molar-refractivity contribution in [2.75, 3.05) is 6.61 Å². The van der Waals surface area contributed by atoms with E-state index >= 15 is 0 Å². The van der Waals surface area contributed by atoms with Crippen LogP contribution in [-0.2, 0) is 0 Å². The van der Waals surface area contributed by atoms with E-state index in [1.807, 2.05) is 20.8 Å². The predicted molar refractivity (Wildman–Crippen MR) is 62.9 cm³/mol. The second kappa shape index (κ2) is 5.17. The number of ether oxygens (including phenoxy) is 1. The summed E-state index contributed by atoms with van der Waals surface area (Å²) in [6.45, 7) is 6.41. The number of para-hydroxylation sites is 1. The quantitative estimate of drug-likeness (QED) is 0.878. The number of carboxylic acid groups (broad SMARTS) is 1. The number of hydrogen-bond donors (Lipinski definition) is 1. The first-order valence-corrected chi connectivity index (χ1v) is 5.46. The molecule has 0 atom stereocenters. The summed E-state index contributed by atoms with van der Waals surface area (Å²) in [4.78, 5) is 10.9. The highest BCUT2D eigenvalue weighted by Crippen LogP contribution is 2.25. The van der Waals surface area contributed by atoms with E-state index in [1.165, 1.54) is 18.2 Å². The molecule has 0 unspecified atom stereocenters. The molecular weight excluding hydrogens is 223 g/mol. The van der Waals surface area contributed by atoms with Gasteiger partial charge in [-0.15, -0.1) is 0 Å². The van der Waals surface area contributed by atoms with Gasteiger partial charge >= 0.3 is 5.97 Å². The van der Waals surface area contributed by atoms with Gasteiger partial charge in [0.15, 0.2) is 11.6 Å². The van der Waals surface area contributed by atoms with Crippen molar-refractivity contribution in [1.29, 1.82) is 0 Å². The highest BCUT2D eigenvalue weighted by Gasteiger charge is 2.17. The van der Waals surface area contributed by atoms with Crippen molar-refractivity contribution < 1.29 is 19.0 Å². The standard InChI is InChI=1S/C13H17FO3/c1-13(2,3)7-8-17-11-9(12(15)16)5-4-6-10(11)14/h4-6H,7-8H2,1-3H3,(H,15,16). The number of rotatable bonds is 4. The molecule has 0 saturated heterocycles. The maximum absolute atomic E-state index is 13.4. The number of carboxylic acids is 1. The smallest absolute Gasteiger partial charge is 0.339 e. The SMILES string of the molecule is CC(C)(C)CCOc1c(F)cccc1C(=O)O. The lowest BCUT2D eigenvalue weighted by Gasteiger charge is -2.18. The van der Waals surface area contributed by atoms with E-state index in [2.05, 4.69) is 0 Å². The van der Waals surface area contributed by atoms with E-state index in [0.717, 1.165) is 6.42 Å². The number of aromatic carboxylic acids is 1. The minimum absolute atomic E-state index is 0.0641. The van der Waals surface area contributed by atoms with Crippen LogP contribution in [0, 0.1) is 11.2 Å². The van der Waals surface area contributed by atoms with E-state index < -0.39 is 11.8 Å². The van der Waals surface area contributed by atoms with Gasteiger partial charge in [0.05, 0.1) is 6.61 Å². The maximum Gasteiger partial charge on any atom is 0.339 e. The van der Waals surface area contributed by atoms with Crippen molar-refractivity contribution in [3.05, 3.63) is 29.6 Å². The Hall–Kier alpha value is -1.58. The van der Waals surface area contributed by atoms with Crippen LogP contribution in [0.25, 0.3) is 0 Å². The molecule has 1 aromatic rings. The summed E-state index contributed by atoms with van der Waals surface area (Å²) in [5.41, 5.74) is -0.0758. The Kier molecular flexibility index (Phi) is 4.10. The fraction of sp³-hybridized carbons (Fsp3) is 0.462. The molecule has 0 saturated carbocycles. The van der Waals surface area contributed by atoms with Crippen LogP contribution in [0.2, 0.25) is 0 Å². The van der Waals surface area contributed by atoms with Gasteiger partial charge in [0.2, 0.25) is 0 Å². The summed E-state index contributed by atoms with van der Waals surface area (Å²) < 4.78 is 18.7. The molecule has 0 heterocycles. The molecule has 1 aromatic carbocycles. The molecule has 0 amide bonds. The molecule has 0 aliphatic heterocycles. The number of carbonyl (C=O) groups is 1. The van der Waals surface area contributed by atoms with E-state index in [0.29, 0.717) is 6.61 Å². The third kappa shape index (κ3) is 4.06. The van der Waals surface area contributed by atoms with E-state index in [1.54, 1.807) is 0 Å². The third-order valence-electron chi connectivity index (χ3n) is 2.30. The molecule has 0 aromatic heterocycles. The summed E-state index contributed by atoms with van der Waals surface area (Å²) in [7, 11) is 0. The van der Waals surface area contributed by atoms with Crippen molar-refractivity contribution in [3.8, 4) is 5.75 Å². The molecule has 0 aliphatic carbocycles. The average Bonchev–Trinajstić information content (AvgIpc) is 2.18. The number of hydrogen-bond acceptors (Lipinski definition) is 2. The third-order valence-corrected chi connectivity index (χ3v) is 2.30. The largest absolute Gasteiger partial charge is 0.490 e. The lowest BCUT2D eigenvalue weighted by molar-refractivity contribution is 0.0690. The summed E-state index contributed by atoms with van der Waals surface area (Å²) in [6, 6.07) is 3.88. The minimum Gasteiger partial charge on any atom is -0.490 e. The molecule has 94 valence electrons. The Morgan fingerprint density at radius 1 is 1.41 bits per heavy atom. The topological polar surface area (TPSA) is 46.5 Å². The predicted octanol–water partition coefficient (Wildman–Crippen LogP) is 3.34. The molecule has 0 radical (unpaired) electrons. The summed E-state index contributed by atoms with van der Waals surface area (Å²) in [5.74, 6) is -2.00. The zero-order valence-corrected chi connectivity index (χ0v) is 10.3. The lowest BCUT2D eigenvalue weighted by atomic mass is 9.93. The molecule has 0 spiro atoms. The minimum atomic E-state index is -1.18. The van der Waals surface area contributed by atoms with Gasteiger partial charge in [-0.05, 0) is 24.0 Å². The van der Waals surface area contributed by atoms with E-state index in [4.69, 9.17) is 9.84 Å². The highest BCUT2D eigenvalue weighted by atomic mass is 19.1. The van der Waals surface area contributed by atoms with Crippen LogP contribution in [0.3, 0.4) is 0 Å². The Balaban J connectivity index is 2.79. The van der Waals surface area contributed by atoms with Gasteiger partial charge in [-0.3, -0.25) is 0 Å². The molecule has 1 N–H and O–H groups in total. The zero-order chi connectivity index (χ0) is 13.1. The summed E-state index contributed by atoms with van der Waals surface area (Å²) in [5, 5.41) is 8.90. The Morgan fingerprint density at radius 2 is 2.06 bits per heavy atom. The van der Waals surface area contributed by atoms with Gasteiger partial charge < -0.3 is 9.84 Å². The molecule has 1 rings (SSSR count). The van der Waals surface area contributed by atoms with Gasteiger partial charge in [0.1, 0.15) is 5.56 Å². The molecule has 0 fully saturated rings. The summed E-state index contributed by atoms with van der Waals surface area (Å²) in [6.07, 6.45) is 0.723. The maximum atomic E-state index is 13.4. The second-order valence-corrected chi connectivity index (χ2v) is 5.08.